The summed E-state index contributed by atoms with van der Waals surface area (Å²) in [6, 6.07) is 24.0. The highest BCUT2D eigenvalue weighted by Crippen LogP contribution is 2.22. The Morgan fingerprint density at radius 1 is 0.737 bits per heavy atom. The molecule has 0 aliphatic heterocycles. The Labute approximate surface area is 224 Å². The highest BCUT2D eigenvalue weighted by atomic mass is 32.2. The third-order valence-corrected chi connectivity index (χ3v) is 6.98. The molecule has 6 aromatic rings. The lowest BCUT2D eigenvalue weighted by molar-refractivity contribution is 0.544. The van der Waals surface area contributed by atoms with Crippen LogP contribution in [-0.4, -0.2) is 40.9 Å². The highest BCUT2D eigenvalue weighted by molar-refractivity contribution is 7.98. The minimum Gasteiger partial charge on any atom is -0.442 e. The largest absolute Gasteiger partial charge is 0.442 e. The van der Waals surface area contributed by atoms with Crippen LogP contribution < -0.4 is 0 Å². The van der Waals surface area contributed by atoms with Gasteiger partial charge in [-0.1, -0.05) is 72.4 Å². The molecule has 10 heteroatoms. The Balaban J connectivity index is 0.000000156. The zero-order valence-corrected chi connectivity index (χ0v) is 22.4. The van der Waals surface area contributed by atoms with Crippen LogP contribution in [0.2, 0.25) is 0 Å². The second-order valence-corrected chi connectivity index (χ2v) is 11.2. The maximum Gasteiger partial charge on any atom is 0.250 e. The normalized spacial score (nSPS) is 11.4. The van der Waals surface area contributed by atoms with Crippen molar-refractivity contribution in [3.05, 3.63) is 108 Å². The van der Waals surface area contributed by atoms with Gasteiger partial charge in [-0.25, -0.2) is 18.4 Å². The van der Waals surface area contributed by atoms with E-state index in [-0.39, 0.29) is 5.16 Å². The van der Waals surface area contributed by atoms with Crippen LogP contribution in [0.15, 0.2) is 104 Å². The molecule has 2 aromatic carbocycles. The SMILES string of the molecule is CS(=O)(=O)c1ncc2cc(Cc3ccccc3)oc2n1.CSc1ncc2cc(Cc3ccccc3)oc2n1. The van der Waals surface area contributed by atoms with E-state index in [4.69, 9.17) is 8.83 Å². The lowest BCUT2D eigenvalue weighted by atomic mass is 10.1. The summed E-state index contributed by atoms with van der Waals surface area (Å²) < 4.78 is 34.2. The van der Waals surface area contributed by atoms with Crippen LogP contribution in [0.3, 0.4) is 0 Å². The van der Waals surface area contributed by atoms with E-state index in [2.05, 4.69) is 32.1 Å². The predicted octanol–water partition coefficient (Wildman–Crippen LogP) is 5.75. The van der Waals surface area contributed by atoms with Gasteiger partial charge in [0.15, 0.2) is 5.16 Å². The van der Waals surface area contributed by atoms with Gasteiger partial charge in [-0.15, -0.1) is 0 Å². The summed E-state index contributed by atoms with van der Waals surface area (Å²) in [5.74, 6) is 1.65. The van der Waals surface area contributed by atoms with Crippen LogP contribution in [0.25, 0.3) is 22.2 Å². The van der Waals surface area contributed by atoms with Gasteiger partial charge in [-0.3, -0.25) is 0 Å². The molecule has 0 spiro atoms. The minimum absolute atomic E-state index is 0.217. The Morgan fingerprint density at radius 2 is 1.24 bits per heavy atom. The summed E-state index contributed by atoms with van der Waals surface area (Å²) >= 11 is 1.51. The molecule has 0 aliphatic rings. The number of nitrogens with zero attached hydrogens (tertiary/aromatic N) is 4. The van der Waals surface area contributed by atoms with Gasteiger partial charge in [0.25, 0.3) is 0 Å². The maximum absolute atomic E-state index is 11.4. The smallest absolute Gasteiger partial charge is 0.250 e. The van der Waals surface area contributed by atoms with Crippen LogP contribution in [-0.2, 0) is 22.7 Å². The van der Waals surface area contributed by atoms with Gasteiger partial charge in [-0.05, 0) is 29.5 Å². The van der Waals surface area contributed by atoms with E-state index in [0.29, 0.717) is 23.2 Å². The number of hydrogen-bond donors (Lipinski definition) is 0. The highest BCUT2D eigenvalue weighted by Gasteiger charge is 2.14. The second kappa shape index (κ2) is 11.2. The number of furan rings is 2. The molecule has 0 N–H and O–H groups in total. The molecular weight excluding hydrogens is 520 g/mol. The average molecular weight is 545 g/mol. The number of thioether (sulfide) groups is 1. The topological polar surface area (TPSA) is 112 Å². The fraction of sp³-hybridized carbons (Fsp3) is 0.143. The molecule has 4 heterocycles. The number of rotatable bonds is 6. The third-order valence-electron chi connectivity index (χ3n) is 5.56. The van der Waals surface area contributed by atoms with Crippen molar-refractivity contribution < 1.29 is 17.3 Å². The van der Waals surface area contributed by atoms with Crippen LogP contribution in [0.1, 0.15) is 22.6 Å². The van der Waals surface area contributed by atoms with Crippen molar-refractivity contribution >= 4 is 43.8 Å². The Kier molecular flexibility index (Phi) is 7.52. The van der Waals surface area contributed by atoms with Crippen molar-refractivity contribution in [2.24, 2.45) is 0 Å². The number of benzene rings is 2. The van der Waals surface area contributed by atoms with Crippen LogP contribution in [0.5, 0.6) is 0 Å². The summed E-state index contributed by atoms with van der Waals surface area (Å²) in [5.41, 5.74) is 3.31. The number of fused-ring (bicyclic) bond motifs is 2. The van der Waals surface area contributed by atoms with Gasteiger partial charge in [0, 0.05) is 31.5 Å². The van der Waals surface area contributed by atoms with Crippen molar-refractivity contribution in [3.63, 3.8) is 0 Å². The first kappa shape index (κ1) is 25.6. The Morgan fingerprint density at radius 3 is 1.74 bits per heavy atom. The summed E-state index contributed by atoms with van der Waals surface area (Å²) in [5, 5.41) is 2.18. The van der Waals surface area contributed by atoms with Crippen molar-refractivity contribution in [1.29, 1.82) is 0 Å². The van der Waals surface area contributed by atoms with Crippen LogP contribution in [0.4, 0.5) is 0 Å². The Bertz CT molecular complexity index is 1780. The number of sulfone groups is 1. The van der Waals surface area contributed by atoms with Crippen LogP contribution >= 0.6 is 11.8 Å². The van der Waals surface area contributed by atoms with Gasteiger partial charge in [0.2, 0.25) is 26.4 Å². The molecule has 38 heavy (non-hydrogen) atoms. The molecule has 0 saturated heterocycles. The monoisotopic (exact) mass is 544 g/mol. The first-order chi connectivity index (χ1) is 18.4. The maximum atomic E-state index is 11.4. The van der Waals surface area contributed by atoms with E-state index >= 15 is 0 Å². The van der Waals surface area contributed by atoms with E-state index in [1.165, 1.54) is 23.5 Å². The van der Waals surface area contributed by atoms with Gasteiger partial charge < -0.3 is 8.83 Å². The molecule has 0 radical (unpaired) electrons. The second-order valence-electron chi connectivity index (χ2n) is 8.55. The fourth-order valence-corrected chi connectivity index (χ4v) is 4.61. The van der Waals surface area contributed by atoms with Gasteiger partial charge in [0.05, 0.1) is 10.8 Å². The standard InChI is InChI=1S/C14H12N2O3S.C14H12N2OS/c1-20(17,18)14-15-9-11-8-12(19-13(11)16-14)7-10-5-3-2-4-6-10;1-18-14-15-9-11-8-12(17-13(11)16-14)7-10-5-3-2-4-6-10/h2-6,8-9H,7H2,1H3;2-6,8-9H,7H2,1H3. The summed E-state index contributed by atoms with van der Waals surface area (Å²) in [4.78, 5) is 16.4. The fourth-order valence-electron chi connectivity index (χ4n) is 3.78. The van der Waals surface area contributed by atoms with Crippen molar-refractivity contribution in [2.75, 3.05) is 12.5 Å². The van der Waals surface area contributed by atoms with Gasteiger partial charge >= 0.3 is 0 Å². The number of aromatic nitrogens is 4. The van der Waals surface area contributed by atoms with Crippen molar-refractivity contribution in [1.82, 2.24) is 19.9 Å². The zero-order valence-electron chi connectivity index (χ0n) is 20.7. The Hall–Kier alpha value is -4.02. The minimum atomic E-state index is -3.43. The van der Waals surface area contributed by atoms with E-state index in [1.54, 1.807) is 0 Å². The van der Waals surface area contributed by atoms with E-state index < -0.39 is 9.84 Å². The third kappa shape index (κ3) is 6.27. The molecule has 6 rings (SSSR count). The molecule has 4 aromatic heterocycles. The van der Waals surface area contributed by atoms with E-state index in [1.807, 2.05) is 73.1 Å². The molecule has 8 nitrogen and oxygen atoms in total. The van der Waals surface area contributed by atoms with E-state index in [0.717, 1.165) is 40.3 Å². The molecule has 0 aliphatic carbocycles. The summed E-state index contributed by atoms with van der Waals surface area (Å²) in [6.07, 6.45) is 7.72. The lowest BCUT2D eigenvalue weighted by Gasteiger charge is -1.96. The molecule has 192 valence electrons. The molecule has 0 bridgehead atoms. The first-order valence-electron chi connectivity index (χ1n) is 11.7. The quantitative estimate of drug-likeness (QED) is 0.191. The molecule has 0 amide bonds. The average Bonchev–Trinajstić information content (AvgIpc) is 3.51. The molecular formula is C28H24N4O4S2. The van der Waals surface area contributed by atoms with Crippen molar-refractivity contribution in [3.8, 4) is 0 Å². The molecule has 0 fully saturated rings. The molecule has 0 unspecified atom stereocenters. The van der Waals surface area contributed by atoms with Crippen molar-refractivity contribution in [2.45, 2.75) is 23.2 Å². The predicted molar refractivity (Wildman–Crippen MR) is 147 cm³/mol. The first-order valence-corrected chi connectivity index (χ1v) is 14.8. The van der Waals surface area contributed by atoms with Gasteiger partial charge in [0.1, 0.15) is 11.5 Å². The van der Waals surface area contributed by atoms with E-state index in [9.17, 15) is 8.42 Å². The number of hydrogen-bond acceptors (Lipinski definition) is 9. The summed E-state index contributed by atoms with van der Waals surface area (Å²) in [7, 11) is -3.43. The van der Waals surface area contributed by atoms with Crippen LogP contribution in [0, 0.1) is 0 Å². The molecule has 0 saturated carbocycles. The van der Waals surface area contributed by atoms with Gasteiger partial charge in [-0.2, -0.15) is 9.97 Å². The lowest BCUT2D eigenvalue weighted by Crippen LogP contribution is -2.02. The summed E-state index contributed by atoms with van der Waals surface area (Å²) in [6.45, 7) is 0. The zero-order chi connectivity index (χ0) is 26.5. The molecule has 0 atom stereocenters.